The van der Waals surface area contributed by atoms with E-state index in [0.29, 0.717) is 17.3 Å². The molecule has 0 unspecified atom stereocenters. The molecule has 0 spiro atoms. The van der Waals surface area contributed by atoms with E-state index >= 15 is 0 Å². The third-order valence-electron chi connectivity index (χ3n) is 3.95. The Kier molecular flexibility index (Phi) is 3.77. The average molecular weight is 274 g/mol. The van der Waals surface area contributed by atoms with E-state index in [2.05, 4.69) is 33.0 Å². The summed E-state index contributed by atoms with van der Waals surface area (Å²) in [5.41, 5.74) is 1.64. The van der Waals surface area contributed by atoms with Gasteiger partial charge in [-0.2, -0.15) is 5.26 Å². The second kappa shape index (κ2) is 5.09. The number of hydrogen-bond donors (Lipinski definition) is 1. The lowest BCUT2D eigenvalue weighted by molar-refractivity contribution is 0.105. The molecule has 2 rings (SSSR count). The fraction of sp³-hybridized carbons (Fsp3) is 0.588. The van der Waals surface area contributed by atoms with Crippen LogP contribution < -0.4 is 5.32 Å². The zero-order valence-electron chi connectivity index (χ0n) is 12.8. The SMILES string of the molecule is CC1(C)CC(Nc2cc(F)cc(C#N)c2)CC(C)(C)C1. The van der Waals surface area contributed by atoms with Crippen molar-refractivity contribution >= 4 is 5.69 Å². The van der Waals surface area contributed by atoms with Crippen LogP contribution in [0.5, 0.6) is 0 Å². The fourth-order valence-electron chi connectivity index (χ4n) is 3.92. The van der Waals surface area contributed by atoms with Crippen LogP contribution in [0.4, 0.5) is 10.1 Å². The van der Waals surface area contributed by atoms with Gasteiger partial charge in [0.25, 0.3) is 0 Å². The molecule has 2 nitrogen and oxygen atoms in total. The first-order valence-corrected chi connectivity index (χ1v) is 7.16. The molecule has 1 aromatic rings. The van der Waals surface area contributed by atoms with Crippen LogP contribution in [0, 0.1) is 28.0 Å². The normalized spacial score (nSPS) is 21.2. The minimum absolute atomic E-state index is 0.283. The number of halogens is 1. The summed E-state index contributed by atoms with van der Waals surface area (Å²) in [5, 5.41) is 12.3. The Morgan fingerprint density at radius 2 is 1.75 bits per heavy atom. The molecule has 1 saturated carbocycles. The lowest BCUT2D eigenvalue weighted by Crippen LogP contribution is -2.40. The van der Waals surface area contributed by atoms with Gasteiger partial charge >= 0.3 is 0 Å². The quantitative estimate of drug-likeness (QED) is 0.847. The number of benzene rings is 1. The Bertz CT molecular complexity index is 524. The smallest absolute Gasteiger partial charge is 0.126 e. The van der Waals surface area contributed by atoms with Crippen molar-refractivity contribution in [3.8, 4) is 6.07 Å². The van der Waals surface area contributed by atoms with E-state index in [4.69, 9.17) is 5.26 Å². The van der Waals surface area contributed by atoms with E-state index in [1.807, 2.05) is 6.07 Å². The van der Waals surface area contributed by atoms with Crippen LogP contribution in [0.3, 0.4) is 0 Å². The standard InChI is InChI=1S/C17H23FN2/c1-16(2)8-15(9-17(3,4)11-16)20-14-6-12(10-19)5-13(18)7-14/h5-7,15,20H,8-9,11H2,1-4H3. The van der Waals surface area contributed by atoms with Crippen molar-refractivity contribution in [3.05, 3.63) is 29.6 Å². The van der Waals surface area contributed by atoms with Crippen LogP contribution in [0.15, 0.2) is 18.2 Å². The highest BCUT2D eigenvalue weighted by atomic mass is 19.1. The molecule has 3 heteroatoms. The van der Waals surface area contributed by atoms with Crippen LogP contribution in [-0.4, -0.2) is 6.04 Å². The highest BCUT2D eigenvalue weighted by molar-refractivity contribution is 5.50. The number of rotatable bonds is 2. The summed E-state index contributed by atoms with van der Waals surface area (Å²) in [4.78, 5) is 0. The van der Waals surface area contributed by atoms with Gasteiger partial charge in [-0.15, -0.1) is 0 Å². The van der Waals surface area contributed by atoms with Crippen molar-refractivity contribution < 1.29 is 4.39 Å². The molecule has 1 aromatic carbocycles. The molecule has 1 aliphatic rings. The number of hydrogen-bond acceptors (Lipinski definition) is 2. The number of anilines is 1. The molecule has 0 atom stereocenters. The number of nitrogens with one attached hydrogen (secondary N) is 1. The number of nitrogens with zero attached hydrogens (tertiary/aromatic N) is 1. The summed E-state index contributed by atoms with van der Waals surface area (Å²) < 4.78 is 13.5. The third kappa shape index (κ3) is 3.72. The molecule has 108 valence electrons. The molecule has 20 heavy (non-hydrogen) atoms. The largest absolute Gasteiger partial charge is 0.382 e. The summed E-state index contributed by atoms with van der Waals surface area (Å²) >= 11 is 0. The topological polar surface area (TPSA) is 35.8 Å². The Morgan fingerprint density at radius 1 is 1.15 bits per heavy atom. The predicted molar refractivity (Wildman–Crippen MR) is 79.9 cm³/mol. The van der Waals surface area contributed by atoms with Gasteiger partial charge in [-0.3, -0.25) is 0 Å². The van der Waals surface area contributed by atoms with Crippen LogP contribution in [-0.2, 0) is 0 Å². The molecule has 0 amide bonds. The maximum atomic E-state index is 13.5. The maximum absolute atomic E-state index is 13.5. The molecule has 1 fully saturated rings. The van der Waals surface area contributed by atoms with Gasteiger partial charge in [0.15, 0.2) is 0 Å². The molecule has 1 N–H and O–H groups in total. The van der Waals surface area contributed by atoms with Crippen molar-refractivity contribution in [1.29, 1.82) is 5.26 Å². The van der Waals surface area contributed by atoms with Crippen molar-refractivity contribution in [2.45, 2.75) is 53.0 Å². The van der Waals surface area contributed by atoms with Gasteiger partial charge < -0.3 is 5.32 Å². The molecule has 0 bridgehead atoms. The molecule has 0 aromatic heterocycles. The first-order valence-electron chi connectivity index (χ1n) is 7.16. The van der Waals surface area contributed by atoms with E-state index in [1.54, 1.807) is 6.07 Å². The van der Waals surface area contributed by atoms with Gasteiger partial charge in [0.1, 0.15) is 5.82 Å². The van der Waals surface area contributed by atoms with Gasteiger partial charge in [0, 0.05) is 11.7 Å². The molecule has 0 heterocycles. The Labute approximate surface area is 121 Å². The summed E-state index contributed by atoms with van der Waals surface area (Å²) in [6, 6.07) is 6.77. The first-order chi connectivity index (χ1) is 9.19. The average Bonchev–Trinajstić information content (AvgIpc) is 2.23. The lowest BCUT2D eigenvalue weighted by Gasteiger charge is -2.45. The van der Waals surface area contributed by atoms with Gasteiger partial charge in [-0.05, 0) is 48.3 Å². The van der Waals surface area contributed by atoms with Crippen LogP contribution in [0.25, 0.3) is 0 Å². The summed E-state index contributed by atoms with van der Waals surface area (Å²) in [6.45, 7) is 9.15. The van der Waals surface area contributed by atoms with Crippen molar-refractivity contribution in [2.75, 3.05) is 5.32 Å². The first kappa shape index (κ1) is 14.8. The highest BCUT2D eigenvalue weighted by Gasteiger charge is 2.38. The van der Waals surface area contributed by atoms with E-state index in [1.165, 1.54) is 18.6 Å². The van der Waals surface area contributed by atoms with Crippen molar-refractivity contribution in [3.63, 3.8) is 0 Å². The van der Waals surface area contributed by atoms with Gasteiger partial charge in [-0.1, -0.05) is 27.7 Å². The van der Waals surface area contributed by atoms with Crippen molar-refractivity contribution in [2.24, 2.45) is 10.8 Å². The Balaban J connectivity index is 2.17. The zero-order chi connectivity index (χ0) is 15.0. The Morgan fingerprint density at radius 3 is 2.30 bits per heavy atom. The molecule has 0 radical (unpaired) electrons. The van der Waals surface area contributed by atoms with Gasteiger partial charge in [-0.25, -0.2) is 4.39 Å². The fourth-order valence-corrected chi connectivity index (χ4v) is 3.92. The molecule has 0 saturated heterocycles. The second-order valence-corrected chi connectivity index (χ2v) is 7.60. The third-order valence-corrected chi connectivity index (χ3v) is 3.95. The minimum atomic E-state index is -0.360. The van der Waals surface area contributed by atoms with Crippen LogP contribution in [0.2, 0.25) is 0 Å². The zero-order valence-corrected chi connectivity index (χ0v) is 12.8. The van der Waals surface area contributed by atoms with Gasteiger partial charge in [0.05, 0.1) is 11.6 Å². The van der Waals surface area contributed by atoms with Crippen molar-refractivity contribution in [1.82, 2.24) is 0 Å². The Hall–Kier alpha value is -1.56. The monoisotopic (exact) mass is 274 g/mol. The minimum Gasteiger partial charge on any atom is -0.382 e. The van der Waals surface area contributed by atoms with E-state index in [9.17, 15) is 4.39 Å². The molecule has 0 aliphatic heterocycles. The second-order valence-electron chi connectivity index (χ2n) is 7.60. The number of nitriles is 1. The van der Waals surface area contributed by atoms with Crippen LogP contribution in [0.1, 0.15) is 52.5 Å². The van der Waals surface area contributed by atoms with E-state index in [-0.39, 0.29) is 16.6 Å². The highest BCUT2D eigenvalue weighted by Crippen LogP contribution is 2.46. The van der Waals surface area contributed by atoms with E-state index < -0.39 is 0 Å². The van der Waals surface area contributed by atoms with Crippen LogP contribution >= 0.6 is 0 Å². The van der Waals surface area contributed by atoms with E-state index in [0.717, 1.165) is 12.8 Å². The molecular formula is C17H23FN2. The maximum Gasteiger partial charge on any atom is 0.126 e. The summed E-state index contributed by atoms with van der Waals surface area (Å²) in [6.07, 6.45) is 3.33. The summed E-state index contributed by atoms with van der Waals surface area (Å²) in [7, 11) is 0. The molecule has 1 aliphatic carbocycles. The molecular weight excluding hydrogens is 251 g/mol. The lowest BCUT2D eigenvalue weighted by atomic mass is 9.63. The summed E-state index contributed by atoms with van der Waals surface area (Å²) in [5.74, 6) is -0.360. The predicted octanol–water partition coefficient (Wildman–Crippen LogP) is 4.71. The van der Waals surface area contributed by atoms with Gasteiger partial charge in [0.2, 0.25) is 0 Å².